The maximum Gasteiger partial charge on any atom is 0.238 e. The van der Waals surface area contributed by atoms with Crippen molar-refractivity contribution < 1.29 is 18.0 Å². The third kappa shape index (κ3) is 3.85. The van der Waals surface area contributed by atoms with Crippen molar-refractivity contribution in [1.29, 1.82) is 0 Å². The fraction of sp³-hybridized carbons (Fsp3) is 0.467. The van der Waals surface area contributed by atoms with Crippen molar-refractivity contribution in [3.63, 3.8) is 0 Å². The number of anilines is 1. The largest absolute Gasteiger partial charge is 0.351 e. The molecule has 1 aliphatic rings. The second kappa shape index (κ2) is 6.48. The van der Waals surface area contributed by atoms with Crippen LogP contribution in [0.2, 0.25) is 0 Å². The smallest absolute Gasteiger partial charge is 0.238 e. The molecule has 120 valence electrons. The number of hydrogen-bond acceptors (Lipinski definition) is 4. The zero-order valence-corrected chi connectivity index (χ0v) is 13.5. The molecule has 1 heterocycles. The van der Waals surface area contributed by atoms with Crippen LogP contribution in [-0.2, 0) is 26.0 Å². The Kier molecular flexibility index (Phi) is 4.85. The number of hydrogen-bond donors (Lipinski definition) is 1. The van der Waals surface area contributed by atoms with Crippen molar-refractivity contribution in [3.8, 4) is 0 Å². The molecule has 6 nitrogen and oxygen atoms in total. The molecule has 7 heteroatoms. The third-order valence-electron chi connectivity index (χ3n) is 3.80. The molecule has 1 aromatic rings. The van der Waals surface area contributed by atoms with Gasteiger partial charge in [-0.05, 0) is 31.0 Å². The summed E-state index contributed by atoms with van der Waals surface area (Å²) in [5.74, 6) is -0.385. The summed E-state index contributed by atoms with van der Waals surface area (Å²) in [4.78, 5) is 25.1. The van der Waals surface area contributed by atoms with Gasteiger partial charge in [0.15, 0.2) is 9.84 Å². The molecule has 0 spiro atoms. The Bertz CT molecular complexity index is 667. The van der Waals surface area contributed by atoms with Crippen LogP contribution < -0.4 is 10.2 Å². The molecule has 1 N–H and O–H groups in total. The molecule has 1 atom stereocenters. The Labute approximate surface area is 130 Å². The van der Waals surface area contributed by atoms with E-state index in [1.54, 1.807) is 4.90 Å². The molecule has 1 saturated heterocycles. The van der Waals surface area contributed by atoms with Crippen molar-refractivity contribution in [2.75, 3.05) is 17.7 Å². The predicted molar refractivity (Wildman–Crippen MR) is 84.2 cm³/mol. The van der Waals surface area contributed by atoms with Gasteiger partial charge >= 0.3 is 0 Å². The first-order valence-corrected chi connectivity index (χ1v) is 9.10. The van der Waals surface area contributed by atoms with E-state index in [4.69, 9.17) is 0 Å². The van der Waals surface area contributed by atoms with Gasteiger partial charge in [0.2, 0.25) is 11.8 Å². The van der Waals surface area contributed by atoms with Gasteiger partial charge in [0, 0.05) is 31.5 Å². The molecule has 0 radical (unpaired) electrons. The molecule has 0 saturated carbocycles. The fourth-order valence-electron chi connectivity index (χ4n) is 2.24. The van der Waals surface area contributed by atoms with Crippen LogP contribution in [0.4, 0.5) is 5.69 Å². The Balaban J connectivity index is 1.94. The summed E-state index contributed by atoms with van der Waals surface area (Å²) < 4.78 is 22.6. The molecule has 1 aliphatic heterocycles. The fourth-order valence-corrected chi connectivity index (χ4v) is 2.71. The summed E-state index contributed by atoms with van der Waals surface area (Å²) in [5, 5.41) is 1.54. The predicted octanol–water partition coefficient (Wildman–Crippen LogP) is 0.863. The molecule has 0 bridgehead atoms. The van der Waals surface area contributed by atoms with Gasteiger partial charge in [-0.25, -0.2) is 8.42 Å². The monoisotopic (exact) mass is 324 g/mol. The zero-order valence-electron chi connectivity index (χ0n) is 12.7. The van der Waals surface area contributed by atoms with E-state index in [1.807, 2.05) is 24.3 Å². The number of benzene rings is 1. The van der Waals surface area contributed by atoms with Gasteiger partial charge in [0.1, 0.15) is 5.25 Å². The van der Waals surface area contributed by atoms with E-state index in [1.165, 1.54) is 6.92 Å². The maximum atomic E-state index is 11.7. The molecule has 1 aromatic carbocycles. The lowest BCUT2D eigenvalue weighted by molar-refractivity contribution is -0.120. The first kappa shape index (κ1) is 16.5. The van der Waals surface area contributed by atoms with E-state index in [2.05, 4.69) is 5.32 Å². The first-order chi connectivity index (χ1) is 10.3. The summed E-state index contributed by atoms with van der Waals surface area (Å²) in [7, 11) is -3.39. The van der Waals surface area contributed by atoms with Crippen LogP contribution in [0.15, 0.2) is 24.3 Å². The quantitative estimate of drug-likeness (QED) is 0.871. The van der Waals surface area contributed by atoms with E-state index >= 15 is 0 Å². The van der Waals surface area contributed by atoms with Crippen molar-refractivity contribution in [1.82, 2.24) is 5.32 Å². The van der Waals surface area contributed by atoms with Gasteiger partial charge in [0.25, 0.3) is 0 Å². The van der Waals surface area contributed by atoms with E-state index in [0.29, 0.717) is 6.42 Å². The molecule has 2 rings (SSSR count). The number of nitrogens with zero attached hydrogens (tertiary/aromatic N) is 1. The minimum absolute atomic E-state index is 0.128. The third-order valence-corrected chi connectivity index (χ3v) is 5.30. The van der Waals surface area contributed by atoms with Crippen LogP contribution in [0.5, 0.6) is 0 Å². The number of carbonyl (C=O) groups is 2. The molecular weight excluding hydrogens is 304 g/mol. The van der Waals surface area contributed by atoms with Crippen LogP contribution in [0.25, 0.3) is 0 Å². The molecular formula is C15H20N2O4S. The van der Waals surface area contributed by atoms with Gasteiger partial charge in [-0.2, -0.15) is 0 Å². The summed E-state index contributed by atoms with van der Waals surface area (Å²) >= 11 is 0. The highest BCUT2D eigenvalue weighted by atomic mass is 32.2. The van der Waals surface area contributed by atoms with Crippen LogP contribution in [0, 0.1) is 0 Å². The molecule has 22 heavy (non-hydrogen) atoms. The van der Waals surface area contributed by atoms with Crippen molar-refractivity contribution in [2.24, 2.45) is 0 Å². The van der Waals surface area contributed by atoms with Crippen LogP contribution in [0.1, 0.15) is 25.3 Å². The van der Waals surface area contributed by atoms with Crippen molar-refractivity contribution in [2.45, 2.75) is 31.6 Å². The summed E-state index contributed by atoms with van der Waals surface area (Å²) in [6, 6.07) is 7.33. The average Bonchev–Trinajstić information content (AvgIpc) is 2.89. The van der Waals surface area contributed by atoms with Crippen LogP contribution in [-0.4, -0.2) is 38.3 Å². The van der Waals surface area contributed by atoms with Gasteiger partial charge in [-0.15, -0.1) is 0 Å². The zero-order chi connectivity index (χ0) is 16.3. The molecule has 1 unspecified atom stereocenters. The first-order valence-electron chi connectivity index (χ1n) is 7.15. The molecule has 0 aliphatic carbocycles. The minimum atomic E-state index is -3.39. The number of sulfone groups is 1. The van der Waals surface area contributed by atoms with Crippen LogP contribution >= 0.6 is 0 Å². The summed E-state index contributed by atoms with van der Waals surface area (Å²) in [5.41, 5.74) is 1.70. The SMILES string of the molecule is CC(C(=O)NCc1ccc(N2CCCC2=O)cc1)S(C)(=O)=O. The summed E-state index contributed by atoms with van der Waals surface area (Å²) in [6.07, 6.45) is 2.50. The van der Waals surface area contributed by atoms with E-state index < -0.39 is 21.0 Å². The number of amides is 2. The molecule has 0 aromatic heterocycles. The number of nitrogens with one attached hydrogen (secondary N) is 1. The minimum Gasteiger partial charge on any atom is -0.351 e. The Morgan fingerprint density at radius 3 is 2.45 bits per heavy atom. The Hall–Kier alpha value is -1.89. The highest BCUT2D eigenvalue weighted by Crippen LogP contribution is 2.21. The normalized spacial score (nSPS) is 16.6. The highest BCUT2D eigenvalue weighted by Gasteiger charge is 2.23. The van der Waals surface area contributed by atoms with Gasteiger partial charge in [-0.1, -0.05) is 12.1 Å². The lowest BCUT2D eigenvalue weighted by atomic mass is 10.2. The van der Waals surface area contributed by atoms with Gasteiger partial charge in [0.05, 0.1) is 0 Å². The second-order valence-corrected chi connectivity index (χ2v) is 7.87. The van der Waals surface area contributed by atoms with Crippen molar-refractivity contribution in [3.05, 3.63) is 29.8 Å². The Morgan fingerprint density at radius 1 is 1.32 bits per heavy atom. The average molecular weight is 324 g/mol. The van der Waals surface area contributed by atoms with E-state index in [9.17, 15) is 18.0 Å². The number of rotatable bonds is 5. The van der Waals surface area contributed by atoms with Gasteiger partial charge < -0.3 is 10.2 Å². The summed E-state index contributed by atoms with van der Waals surface area (Å²) in [6.45, 7) is 2.36. The molecule has 2 amide bonds. The lowest BCUT2D eigenvalue weighted by Crippen LogP contribution is -2.37. The number of carbonyl (C=O) groups excluding carboxylic acids is 2. The highest BCUT2D eigenvalue weighted by molar-refractivity contribution is 7.92. The Morgan fingerprint density at radius 2 is 1.95 bits per heavy atom. The second-order valence-electron chi connectivity index (χ2n) is 5.50. The maximum absolute atomic E-state index is 11.7. The lowest BCUT2D eigenvalue weighted by Gasteiger charge is -2.16. The van der Waals surface area contributed by atoms with Gasteiger partial charge in [-0.3, -0.25) is 9.59 Å². The van der Waals surface area contributed by atoms with Crippen LogP contribution in [0.3, 0.4) is 0 Å². The molecule has 1 fully saturated rings. The van der Waals surface area contributed by atoms with E-state index in [0.717, 1.165) is 30.5 Å². The van der Waals surface area contributed by atoms with E-state index in [-0.39, 0.29) is 12.5 Å². The topological polar surface area (TPSA) is 83.6 Å². The van der Waals surface area contributed by atoms with Crippen molar-refractivity contribution >= 4 is 27.3 Å². The standard InChI is InChI=1S/C15H20N2O4S/c1-11(22(2,20)21)15(19)16-10-12-5-7-13(8-6-12)17-9-3-4-14(17)18/h5-8,11H,3-4,9-10H2,1-2H3,(H,16,19).